The number of rotatable bonds is 4. The van der Waals surface area contributed by atoms with Gasteiger partial charge in [0.05, 0.1) is 12.0 Å². The lowest BCUT2D eigenvalue weighted by atomic mass is 9.83. The Morgan fingerprint density at radius 1 is 1.19 bits per heavy atom. The molecule has 0 amide bonds. The number of methoxy groups -OCH3 is 1. The lowest BCUT2D eigenvalue weighted by Gasteiger charge is -2.33. The normalized spacial score (nSPS) is 18.4. The van der Waals surface area contributed by atoms with E-state index in [1.165, 1.54) is 0 Å². The highest BCUT2D eigenvalue weighted by atomic mass is 35.5. The van der Waals surface area contributed by atoms with Crippen molar-refractivity contribution in [1.82, 2.24) is 4.98 Å². The molecule has 0 radical (unpaired) electrons. The van der Waals surface area contributed by atoms with Gasteiger partial charge in [-0.15, -0.1) is 0 Å². The molecule has 1 aliphatic rings. The number of ether oxygens (including phenoxy) is 1. The summed E-state index contributed by atoms with van der Waals surface area (Å²) in [7, 11) is -4.20. The van der Waals surface area contributed by atoms with Crippen molar-refractivity contribution in [2.75, 3.05) is 7.11 Å². The Hall–Kier alpha value is -2.52. The number of aromatic nitrogens is 1. The van der Waals surface area contributed by atoms with Crippen molar-refractivity contribution in [3.8, 4) is 0 Å². The molecule has 0 aliphatic heterocycles. The number of benzene rings is 2. The Labute approximate surface area is 181 Å². The highest BCUT2D eigenvalue weighted by Crippen LogP contribution is 2.44. The Balaban J connectivity index is 1.80. The molecule has 31 heavy (non-hydrogen) atoms. The van der Waals surface area contributed by atoms with Crippen LogP contribution in [0.1, 0.15) is 17.7 Å². The van der Waals surface area contributed by atoms with Crippen LogP contribution < -0.4 is 0 Å². The minimum atomic E-state index is -5.07. The van der Waals surface area contributed by atoms with Crippen molar-refractivity contribution < 1.29 is 31.1 Å². The molecule has 5 nitrogen and oxygen atoms in total. The first-order valence-corrected chi connectivity index (χ1v) is 11.2. The van der Waals surface area contributed by atoms with E-state index in [4.69, 9.17) is 11.6 Å². The maximum absolute atomic E-state index is 16.3. The van der Waals surface area contributed by atoms with E-state index in [2.05, 4.69) is 9.72 Å². The number of esters is 1. The van der Waals surface area contributed by atoms with Crippen LogP contribution in [0, 0.1) is 17.6 Å². The number of alkyl halides is 1. The summed E-state index contributed by atoms with van der Waals surface area (Å²) < 4.78 is 74.0. The van der Waals surface area contributed by atoms with Gasteiger partial charge in [0, 0.05) is 27.5 Å². The summed E-state index contributed by atoms with van der Waals surface area (Å²) in [5.74, 6) is -5.67. The zero-order valence-electron chi connectivity index (χ0n) is 16.2. The predicted octanol–water partition coefficient (Wildman–Crippen LogP) is 4.52. The number of hydrogen-bond donors (Lipinski definition) is 1. The predicted molar refractivity (Wildman–Crippen MR) is 108 cm³/mol. The third-order valence-electron chi connectivity index (χ3n) is 5.73. The van der Waals surface area contributed by atoms with Crippen LogP contribution in [-0.4, -0.2) is 31.5 Å². The number of aromatic amines is 1. The van der Waals surface area contributed by atoms with Gasteiger partial charge in [-0.25, -0.2) is 26.4 Å². The van der Waals surface area contributed by atoms with Crippen LogP contribution in [0.15, 0.2) is 41.3 Å². The van der Waals surface area contributed by atoms with Crippen LogP contribution >= 0.6 is 11.6 Å². The van der Waals surface area contributed by atoms with E-state index < -0.39 is 43.3 Å². The molecule has 1 N–H and O–H groups in total. The van der Waals surface area contributed by atoms with Crippen molar-refractivity contribution in [3.05, 3.63) is 64.3 Å². The molecular weight excluding hydrogens is 455 g/mol. The van der Waals surface area contributed by atoms with E-state index in [0.717, 1.165) is 29.6 Å². The lowest BCUT2D eigenvalue weighted by Crippen LogP contribution is -2.51. The second-order valence-electron chi connectivity index (χ2n) is 7.43. The van der Waals surface area contributed by atoms with Crippen LogP contribution in [0.4, 0.5) is 13.2 Å². The van der Waals surface area contributed by atoms with Gasteiger partial charge in [0.15, 0.2) is 11.6 Å². The summed E-state index contributed by atoms with van der Waals surface area (Å²) in [6.45, 7) is 0. The minimum absolute atomic E-state index is 0.0149. The fourth-order valence-corrected chi connectivity index (χ4v) is 6.13. The monoisotopic (exact) mass is 471 g/mol. The molecule has 4 rings (SSSR count). The number of halogens is 4. The summed E-state index contributed by atoms with van der Waals surface area (Å²) in [5.41, 5.74) is 2.20. The number of hydrogen-bond acceptors (Lipinski definition) is 4. The number of sulfone groups is 1. The molecule has 2 atom stereocenters. The summed E-state index contributed by atoms with van der Waals surface area (Å²) in [6, 6.07) is 6.86. The van der Waals surface area contributed by atoms with Crippen LogP contribution in [0.5, 0.6) is 0 Å². The second-order valence-corrected chi connectivity index (χ2v) is 9.94. The van der Waals surface area contributed by atoms with Gasteiger partial charge in [-0.05, 0) is 61.2 Å². The van der Waals surface area contributed by atoms with E-state index in [9.17, 15) is 22.0 Å². The summed E-state index contributed by atoms with van der Waals surface area (Å²) in [5, 5.41) is -2.13. The van der Waals surface area contributed by atoms with Gasteiger partial charge in [0.1, 0.15) is 0 Å². The Morgan fingerprint density at radius 3 is 2.61 bits per heavy atom. The van der Waals surface area contributed by atoms with E-state index >= 15 is 4.39 Å². The van der Waals surface area contributed by atoms with Crippen LogP contribution in [0.2, 0.25) is 5.02 Å². The molecule has 0 saturated carbocycles. The molecular formula is C21H17ClF3NO4S. The molecule has 0 bridgehead atoms. The Bertz CT molecular complexity index is 1310. The first-order chi connectivity index (χ1) is 14.6. The van der Waals surface area contributed by atoms with E-state index in [-0.39, 0.29) is 19.3 Å². The molecule has 0 fully saturated rings. The number of fused-ring (bicyclic) bond motifs is 3. The summed E-state index contributed by atoms with van der Waals surface area (Å²) >= 11 is 6.06. The molecule has 1 aromatic heterocycles. The number of aryl methyl sites for hydroxylation is 1. The zero-order valence-corrected chi connectivity index (χ0v) is 17.8. The fourth-order valence-electron chi connectivity index (χ4n) is 4.17. The summed E-state index contributed by atoms with van der Waals surface area (Å²) in [6.07, 6.45) is 0.202. The van der Waals surface area contributed by atoms with Gasteiger partial charge in [-0.3, -0.25) is 0 Å². The maximum atomic E-state index is 16.3. The van der Waals surface area contributed by atoms with Crippen LogP contribution in [-0.2, 0) is 32.2 Å². The molecule has 164 valence electrons. The van der Waals surface area contributed by atoms with Gasteiger partial charge in [-0.2, -0.15) is 0 Å². The largest absolute Gasteiger partial charge is 0.466 e. The quantitative estimate of drug-likeness (QED) is 0.448. The smallest absolute Gasteiger partial charge is 0.360 e. The van der Waals surface area contributed by atoms with E-state index in [1.54, 1.807) is 18.2 Å². The maximum Gasteiger partial charge on any atom is 0.360 e. The number of carbonyl (C=O) groups excluding carboxylic acids is 1. The van der Waals surface area contributed by atoms with Crippen molar-refractivity contribution in [2.24, 2.45) is 5.92 Å². The molecule has 1 heterocycles. The Morgan fingerprint density at radius 2 is 1.94 bits per heavy atom. The van der Waals surface area contributed by atoms with Crippen molar-refractivity contribution in [2.45, 2.75) is 29.2 Å². The third-order valence-corrected chi connectivity index (χ3v) is 8.12. The van der Waals surface area contributed by atoms with Crippen molar-refractivity contribution >= 4 is 38.3 Å². The van der Waals surface area contributed by atoms with Crippen molar-refractivity contribution in [3.63, 3.8) is 0 Å². The third kappa shape index (κ3) is 3.30. The van der Waals surface area contributed by atoms with Gasteiger partial charge < -0.3 is 9.72 Å². The van der Waals surface area contributed by atoms with Gasteiger partial charge >= 0.3 is 11.0 Å². The van der Waals surface area contributed by atoms with Crippen LogP contribution in [0.25, 0.3) is 10.9 Å². The fraction of sp³-hybridized carbons (Fsp3) is 0.286. The second kappa shape index (κ2) is 7.56. The number of nitrogens with one attached hydrogen (secondary N) is 1. The number of carbonyl (C=O) groups is 1. The van der Waals surface area contributed by atoms with Gasteiger partial charge in [0.2, 0.25) is 9.84 Å². The molecule has 2 unspecified atom stereocenters. The summed E-state index contributed by atoms with van der Waals surface area (Å²) in [4.78, 5) is 14.8. The van der Waals surface area contributed by atoms with Crippen molar-refractivity contribution in [1.29, 1.82) is 0 Å². The van der Waals surface area contributed by atoms with E-state index in [1.807, 2.05) is 0 Å². The molecule has 3 aromatic rings. The molecule has 1 aliphatic carbocycles. The van der Waals surface area contributed by atoms with Crippen LogP contribution in [0.3, 0.4) is 0 Å². The SMILES string of the molecule is COC(=O)C(F)(C1CCc2c([nH]c3ccc(Cl)cc23)C1)S(=O)(=O)c1ccc(F)c(F)c1. The Kier molecular flexibility index (Phi) is 5.29. The highest BCUT2D eigenvalue weighted by Gasteiger charge is 2.59. The average molecular weight is 472 g/mol. The topological polar surface area (TPSA) is 76.2 Å². The molecule has 0 saturated heterocycles. The highest BCUT2D eigenvalue weighted by molar-refractivity contribution is 7.93. The number of H-pyrrole nitrogens is 1. The first kappa shape index (κ1) is 21.7. The molecule has 0 spiro atoms. The first-order valence-electron chi connectivity index (χ1n) is 9.35. The average Bonchev–Trinajstić information content (AvgIpc) is 3.11. The standard InChI is InChI=1S/C21H17ClF3NO4S/c1-30-20(27)21(25,31(28,29)13-4-6-16(23)17(24)10-13)11-2-5-14-15-9-12(22)3-7-18(15)26-19(14)8-11/h3-4,6-7,9-11,26H,2,5,8H2,1H3. The zero-order chi connectivity index (χ0) is 22.6. The van der Waals surface area contributed by atoms with E-state index in [0.29, 0.717) is 22.8 Å². The lowest BCUT2D eigenvalue weighted by molar-refractivity contribution is -0.152. The minimum Gasteiger partial charge on any atom is -0.466 e. The van der Waals surface area contributed by atoms with Gasteiger partial charge in [-0.1, -0.05) is 11.6 Å². The molecule has 2 aromatic carbocycles. The van der Waals surface area contributed by atoms with Gasteiger partial charge in [0.25, 0.3) is 0 Å². The molecule has 10 heteroatoms.